The Kier molecular flexibility index (Phi) is 3.47. The molecule has 0 saturated carbocycles. The fourth-order valence-electron chi connectivity index (χ4n) is 1.29. The number of nitrogen functional groups attached to an aromatic ring is 1. The van der Waals surface area contributed by atoms with Crippen LogP contribution < -0.4 is 5.73 Å². The van der Waals surface area contributed by atoms with Crippen LogP contribution >= 0.6 is 11.6 Å². The first kappa shape index (κ1) is 12.4. The number of ether oxygens (including phenoxy) is 1. The minimum Gasteiger partial charge on any atom is -0.455 e. The van der Waals surface area contributed by atoms with Crippen molar-refractivity contribution in [3.8, 4) is 0 Å². The van der Waals surface area contributed by atoms with E-state index in [1.165, 1.54) is 12.1 Å². The van der Waals surface area contributed by atoms with Crippen molar-refractivity contribution >= 4 is 23.3 Å². The third-order valence-corrected chi connectivity index (χ3v) is 2.63. The highest BCUT2D eigenvalue weighted by atomic mass is 35.5. The van der Waals surface area contributed by atoms with Crippen molar-refractivity contribution < 1.29 is 14.2 Å². The molecule has 1 aromatic heterocycles. The number of nitrogens with zero attached hydrogens (tertiary/aromatic N) is 2. The first-order chi connectivity index (χ1) is 8.58. The van der Waals surface area contributed by atoms with Gasteiger partial charge in [0.15, 0.2) is 0 Å². The summed E-state index contributed by atoms with van der Waals surface area (Å²) in [5.74, 6) is -0.574. The maximum absolute atomic E-state index is 11.8. The summed E-state index contributed by atoms with van der Waals surface area (Å²) in [6.45, 7) is 1.67. The Morgan fingerprint density at radius 3 is 2.94 bits per heavy atom. The third-order valence-electron chi connectivity index (χ3n) is 2.30. The summed E-state index contributed by atoms with van der Waals surface area (Å²) >= 11 is 5.88. The van der Waals surface area contributed by atoms with Gasteiger partial charge in [-0.1, -0.05) is 21.9 Å². The zero-order valence-electron chi connectivity index (χ0n) is 9.51. The average Bonchev–Trinajstić information content (AvgIpc) is 2.75. The molecule has 2 aromatic rings. The van der Waals surface area contributed by atoms with Crippen molar-refractivity contribution in [2.24, 2.45) is 0 Å². The maximum atomic E-state index is 11.8. The molecule has 0 radical (unpaired) electrons. The standard InChI is InChI=1S/C11H10ClN3O3/c1-6-10(15-18-14-6)5-17-11(16)8-4-7(13)2-3-9(8)12/h2-4H,5,13H2,1H3. The van der Waals surface area contributed by atoms with Crippen LogP contribution in [0.2, 0.25) is 5.02 Å². The van der Waals surface area contributed by atoms with Gasteiger partial charge in [0.05, 0.1) is 10.6 Å². The number of hydrogen-bond acceptors (Lipinski definition) is 6. The van der Waals surface area contributed by atoms with Crippen molar-refractivity contribution in [1.29, 1.82) is 0 Å². The first-order valence-electron chi connectivity index (χ1n) is 5.08. The highest BCUT2D eigenvalue weighted by Gasteiger charge is 2.14. The molecule has 2 rings (SSSR count). The van der Waals surface area contributed by atoms with Gasteiger partial charge in [0.2, 0.25) is 0 Å². The molecule has 0 saturated heterocycles. The van der Waals surface area contributed by atoms with Gasteiger partial charge in [-0.05, 0) is 25.1 Å². The molecule has 18 heavy (non-hydrogen) atoms. The van der Waals surface area contributed by atoms with E-state index in [1.54, 1.807) is 13.0 Å². The van der Waals surface area contributed by atoms with Crippen molar-refractivity contribution in [2.45, 2.75) is 13.5 Å². The number of nitrogens with two attached hydrogens (primary N) is 1. The van der Waals surface area contributed by atoms with E-state index in [1.807, 2.05) is 0 Å². The first-order valence-corrected chi connectivity index (χ1v) is 5.46. The van der Waals surface area contributed by atoms with Crippen molar-refractivity contribution in [2.75, 3.05) is 5.73 Å². The van der Waals surface area contributed by atoms with E-state index in [-0.39, 0.29) is 17.2 Å². The molecule has 0 aliphatic carbocycles. The molecular weight excluding hydrogens is 258 g/mol. The number of aromatic nitrogens is 2. The van der Waals surface area contributed by atoms with E-state index in [0.29, 0.717) is 17.1 Å². The zero-order chi connectivity index (χ0) is 13.1. The number of halogens is 1. The Morgan fingerprint density at radius 2 is 2.28 bits per heavy atom. The van der Waals surface area contributed by atoms with Crippen LogP contribution in [-0.4, -0.2) is 16.3 Å². The predicted octanol–water partition coefficient (Wildman–Crippen LogP) is 1.97. The lowest BCUT2D eigenvalue weighted by atomic mass is 10.2. The van der Waals surface area contributed by atoms with E-state index in [9.17, 15) is 4.79 Å². The molecule has 0 spiro atoms. The van der Waals surface area contributed by atoms with E-state index >= 15 is 0 Å². The normalized spacial score (nSPS) is 10.3. The average molecular weight is 268 g/mol. The lowest BCUT2D eigenvalue weighted by molar-refractivity contribution is 0.0463. The van der Waals surface area contributed by atoms with Crippen LogP contribution in [0, 0.1) is 6.92 Å². The van der Waals surface area contributed by atoms with Crippen molar-refractivity contribution in [3.63, 3.8) is 0 Å². The SMILES string of the molecule is Cc1nonc1COC(=O)c1cc(N)ccc1Cl. The number of carbonyl (C=O) groups is 1. The minimum atomic E-state index is -0.574. The smallest absolute Gasteiger partial charge is 0.340 e. The molecule has 1 aromatic carbocycles. The van der Waals surface area contributed by atoms with Gasteiger partial charge < -0.3 is 10.5 Å². The monoisotopic (exact) mass is 267 g/mol. The second kappa shape index (κ2) is 5.05. The van der Waals surface area contributed by atoms with Gasteiger partial charge in [-0.15, -0.1) is 0 Å². The lowest BCUT2D eigenvalue weighted by Gasteiger charge is -2.05. The summed E-state index contributed by atoms with van der Waals surface area (Å²) in [5.41, 5.74) is 7.26. The van der Waals surface area contributed by atoms with Crippen LogP contribution in [0.15, 0.2) is 22.8 Å². The van der Waals surface area contributed by atoms with Gasteiger partial charge in [0.25, 0.3) is 0 Å². The fourth-order valence-corrected chi connectivity index (χ4v) is 1.49. The third kappa shape index (κ3) is 2.60. The van der Waals surface area contributed by atoms with Crippen LogP contribution in [0.3, 0.4) is 0 Å². The zero-order valence-corrected chi connectivity index (χ0v) is 10.3. The van der Waals surface area contributed by atoms with Crippen LogP contribution in [0.25, 0.3) is 0 Å². The largest absolute Gasteiger partial charge is 0.455 e. The summed E-state index contributed by atoms with van der Waals surface area (Å²) in [4.78, 5) is 11.8. The Balaban J connectivity index is 2.08. The highest BCUT2D eigenvalue weighted by Crippen LogP contribution is 2.20. The van der Waals surface area contributed by atoms with Crippen molar-refractivity contribution in [3.05, 3.63) is 40.2 Å². The van der Waals surface area contributed by atoms with E-state index in [4.69, 9.17) is 22.1 Å². The van der Waals surface area contributed by atoms with Gasteiger partial charge in [-0.2, -0.15) is 0 Å². The Labute approximate surface area is 108 Å². The van der Waals surface area contributed by atoms with E-state index < -0.39 is 5.97 Å². The summed E-state index contributed by atoms with van der Waals surface area (Å²) in [7, 11) is 0. The Hall–Kier alpha value is -2.08. The van der Waals surface area contributed by atoms with Gasteiger partial charge in [-0.3, -0.25) is 0 Å². The van der Waals surface area contributed by atoms with Crippen LogP contribution in [0.5, 0.6) is 0 Å². The van der Waals surface area contributed by atoms with Gasteiger partial charge >= 0.3 is 5.97 Å². The lowest BCUT2D eigenvalue weighted by Crippen LogP contribution is -2.07. The van der Waals surface area contributed by atoms with Gasteiger partial charge in [-0.25, -0.2) is 9.42 Å². The van der Waals surface area contributed by atoms with E-state index in [2.05, 4.69) is 14.9 Å². The molecular formula is C11H10ClN3O3. The Bertz CT molecular complexity index is 583. The topological polar surface area (TPSA) is 91.2 Å². The molecule has 1 heterocycles. The molecule has 94 valence electrons. The molecule has 0 aliphatic heterocycles. The summed E-state index contributed by atoms with van der Waals surface area (Å²) in [6, 6.07) is 4.60. The molecule has 0 aliphatic rings. The number of benzene rings is 1. The summed E-state index contributed by atoms with van der Waals surface area (Å²) in [5, 5.41) is 7.46. The summed E-state index contributed by atoms with van der Waals surface area (Å²) in [6.07, 6.45) is 0. The maximum Gasteiger partial charge on any atom is 0.340 e. The highest BCUT2D eigenvalue weighted by molar-refractivity contribution is 6.33. The molecule has 7 heteroatoms. The second-order valence-electron chi connectivity index (χ2n) is 3.61. The van der Waals surface area contributed by atoms with Gasteiger partial charge in [0.1, 0.15) is 18.0 Å². The number of carbonyl (C=O) groups excluding carboxylic acids is 1. The van der Waals surface area contributed by atoms with Gasteiger partial charge in [0, 0.05) is 5.69 Å². The second-order valence-corrected chi connectivity index (χ2v) is 4.02. The molecule has 0 unspecified atom stereocenters. The predicted molar refractivity (Wildman–Crippen MR) is 64.0 cm³/mol. The molecule has 0 bridgehead atoms. The van der Waals surface area contributed by atoms with Crippen LogP contribution in [0.4, 0.5) is 5.69 Å². The molecule has 0 fully saturated rings. The molecule has 0 atom stereocenters. The summed E-state index contributed by atoms with van der Waals surface area (Å²) < 4.78 is 9.54. The molecule has 2 N–H and O–H groups in total. The number of anilines is 1. The quantitative estimate of drug-likeness (QED) is 0.675. The fraction of sp³-hybridized carbons (Fsp3) is 0.182. The number of rotatable bonds is 3. The molecule has 0 amide bonds. The number of esters is 1. The number of hydrogen-bond donors (Lipinski definition) is 1. The van der Waals surface area contributed by atoms with Crippen LogP contribution in [-0.2, 0) is 11.3 Å². The van der Waals surface area contributed by atoms with Crippen molar-refractivity contribution in [1.82, 2.24) is 10.3 Å². The van der Waals surface area contributed by atoms with E-state index in [0.717, 1.165) is 0 Å². The minimum absolute atomic E-state index is 0.0285. The molecule has 6 nitrogen and oxygen atoms in total. The Morgan fingerprint density at radius 1 is 1.50 bits per heavy atom. The van der Waals surface area contributed by atoms with Crippen LogP contribution in [0.1, 0.15) is 21.7 Å². The number of aryl methyl sites for hydroxylation is 1.